The lowest BCUT2D eigenvalue weighted by Crippen LogP contribution is -2.31. The third-order valence-electron chi connectivity index (χ3n) is 5.69. The second-order valence-electron chi connectivity index (χ2n) is 7.30. The van der Waals surface area contributed by atoms with Crippen LogP contribution in [0.4, 0.5) is 0 Å². The number of hydrogen-bond donors (Lipinski definition) is 1. The molecule has 2 aliphatic carbocycles. The molecule has 0 spiro atoms. The molecule has 6 heteroatoms. The van der Waals surface area contributed by atoms with Gasteiger partial charge in [-0.05, 0) is 54.7 Å². The quantitative estimate of drug-likeness (QED) is 0.882. The fourth-order valence-electron chi connectivity index (χ4n) is 4.12. The summed E-state index contributed by atoms with van der Waals surface area (Å²) >= 11 is 12.2. The maximum atomic E-state index is 12.8. The Kier molecular flexibility index (Phi) is 4.00. The van der Waals surface area contributed by atoms with Gasteiger partial charge < -0.3 is 10.0 Å². The van der Waals surface area contributed by atoms with E-state index < -0.39 is 11.9 Å². The first-order valence-corrected chi connectivity index (χ1v) is 9.18. The Balaban J connectivity index is 1.45. The van der Waals surface area contributed by atoms with Gasteiger partial charge in [0.05, 0.1) is 5.92 Å². The Bertz CT molecular complexity index is 704. The van der Waals surface area contributed by atoms with Gasteiger partial charge in [-0.1, -0.05) is 29.3 Å². The van der Waals surface area contributed by atoms with Gasteiger partial charge in [0.25, 0.3) is 0 Å². The predicted molar refractivity (Wildman–Crippen MR) is 91.2 cm³/mol. The zero-order valence-corrected chi connectivity index (χ0v) is 14.6. The fourth-order valence-corrected chi connectivity index (χ4v) is 4.67. The number of carbonyl (C=O) groups is 2. The summed E-state index contributed by atoms with van der Waals surface area (Å²) in [5, 5.41) is 10.6. The molecule has 4 atom stereocenters. The molecule has 1 saturated heterocycles. The zero-order chi connectivity index (χ0) is 17.0. The molecule has 4 nitrogen and oxygen atoms in total. The second-order valence-corrected chi connectivity index (χ2v) is 8.15. The number of benzene rings is 1. The largest absolute Gasteiger partial charge is 0.481 e. The van der Waals surface area contributed by atoms with Crippen LogP contribution >= 0.6 is 23.2 Å². The van der Waals surface area contributed by atoms with Crippen LogP contribution in [0.3, 0.4) is 0 Å². The van der Waals surface area contributed by atoms with E-state index >= 15 is 0 Å². The SMILES string of the molecule is O=C(O)[C@H]1CN(C(=O)C2CC2c2ccc(Cl)cc2Cl)C[C@@H]1C1CC1. The van der Waals surface area contributed by atoms with Gasteiger partial charge in [0.1, 0.15) is 0 Å². The highest BCUT2D eigenvalue weighted by atomic mass is 35.5. The van der Waals surface area contributed by atoms with Gasteiger partial charge in [0.15, 0.2) is 0 Å². The minimum Gasteiger partial charge on any atom is -0.481 e. The normalized spacial score (nSPS) is 32.0. The summed E-state index contributed by atoms with van der Waals surface area (Å²) in [5.41, 5.74) is 0.965. The van der Waals surface area contributed by atoms with E-state index in [2.05, 4.69) is 0 Å². The van der Waals surface area contributed by atoms with E-state index in [1.54, 1.807) is 17.0 Å². The second kappa shape index (κ2) is 5.92. The van der Waals surface area contributed by atoms with Crippen molar-refractivity contribution in [3.05, 3.63) is 33.8 Å². The lowest BCUT2D eigenvalue weighted by atomic mass is 9.92. The zero-order valence-electron chi connectivity index (χ0n) is 13.1. The van der Waals surface area contributed by atoms with E-state index in [1.165, 1.54) is 0 Å². The van der Waals surface area contributed by atoms with E-state index in [1.807, 2.05) is 6.07 Å². The van der Waals surface area contributed by atoms with Crippen LogP contribution in [-0.4, -0.2) is 35.0 Å². The summed E-state index contributed by atoms with van der Waals surface area (Å²) in [6.45, 7) is 0.949. The molecule has 1 N–H and O–H groups in total. The lowest BCUT2D eigenvalue weighted by Gasteiger charge is -2.16. The summed E-state index contributed by atoms with van der Waals surface area (Å²) in [6.07, 6.45) is 2.98. The number of aliphatic carboxylic acids is 1. The lowest BCUT2D eigenvalue weighted by molar-refractivity contribution is -0.142. The Morgan fingerprint density at radius 3 is 2.50 bits per heavy atom. The van der Waals surface area contributed by atoms with Gasteiger partial charge in [-0.15, -0.1) is 0 Å². The number of carboxylic acid groups (broad SMARTS) is 1. The van der Waals surface area contributed by atoms with Crippen molar-refractivity contribution in [2.75, 3.05) is 13.1 Å². The van der Waals surface area contributed by atoms with Crippen molar-refractivity contribution in [3.63, 3.8) is 0 Å². The Labute approximate surface area is 150 Å². The highest BCUT2D eigenvalue weighted by Crippen LogP contribution is 2.52. The minimum absolute atomic E-state index is 0.0731. The van der Waals surface area contributed by atoms with Crippen molar-refractivity contribution < 1.29 is 14.7 Å². The molecule has 1 amide bonds. The highest BCUT2D eigenvalue weighted by molar-refractivity contribution is 6.35. The smallest absolute Gasteiger partial charge is 0.308 e. The molecule has 0 radical (unpaired) electrons. The third-order valence-corrected chi connectivity index (χ3v) is 6.25. The van der Waals surface area contributed by atoms with Crippen LogP contribution in [0.25, 0.3) is 0 Å². The number of likely N-dealkylation sites (tertiary alicyclic amines) is 1. The number of nitrogens with zero attached hydrogens (tertiary/aromatic N) is 1. The summed E-state index contributed by atoms with van der Waals surface area (Å²) < 4.78 is 0. The summed E-state index contributed by atoms with van der Waals surface area (Å²) in [7, 11) is 0. The monoisotopic (exact) mass is 367 g/mol. The summed E-state index contributed by atoms with van der Waals surface area (Å²) in [4.78, 5) is 26.1. The first-order valence-electron chi connectivity index (χ1n) is 8.42. The average molecular weight is 368 g/mol. The van der Waals surface area contributed by atoms with E-state index in [0.29, 0.717) is 29.1 Å². The molecule has 4 rings (SSSR count). The molecule has 1 aromatic carbocycles. The molecular weight excluding hydrogens is 349 g/mol. The minimum atomic E-state index is -0.768. The van der Waals surface area contributed by atoms with Crippen LogP contribution in [0.1, 0.15) is 30.7 Å². The van der Waals surface area contributed by atoms with Crippen LogP contribution < -0.4 is 0 Å². The fraction of sp³-hybridized carbons (Fsp3) is 0.556. The number of carbonyl (C=O) groups excluding carboxylic acids is 1. The molecule has 2 unspecified atom stereocenters. The van der Waals surface area contributed by atoms with Gasteiger partial charge in [0.2, 0.25) is 5.91 Å². The molecule has 0 aromatic heterocycles. The number of amides is 1. The van der Waals surface area contributed by atoms with E-state index in [-0.39, 0.29) is 23.7 Å². The van der Waals surface area contributed by atoms with Crippen molar-refractivity contribution in [1.82, 2.24) is 4.90 Å². The van der Waals surface area contributed by atoms with Crippen molar-refractivity contribution in [2.45, 2.75) is 25.2 Å². The molecule has 2 saturated carbocycles. The van der Waals surface area contributed by atoms with Gasteiger partial charge >= 0.3 is 5.97 Å². The van der Waals surface area contributed by atoms with Gasteiger partial charge in [-0.2, -0.15) is 0 Å². The van der Waals surface area contributed by atoms with Crippen LogP contribution in [0.2, 0.25) is 10.0 Å². The molecule has 3 fully saturated rings. The van der Waals surface area contributed by atoms with Crippen LogP contribution in [0, 0.1) is 23.7 Å². The number of carboxylic acids is 1. The maximum absolute atomic E-state index is 12.8. The van der Waals surface area contributed by atoms with Crippen molar-refractivity contribution in [2.24, 2.45) is 23.7 Å². The van der Waals surface area contributed by atoms with Crippen LogP contribution in [0.15, 0.2) is 18.2 Å². The van der Waals surface area contributed by atoms with Crippen molar-refractivity contribution in [3.8, 4) is 0 Å². The maximum Gasteiger partial charge on any atom is 0.308 e. The van der Waals surface area contributed by atoms with E-state index in [4.69, 9.17) is 23.2 Å². The van der Waals surface area contributed by atoms with Crippen molar-refractivity contribution in [1.29, 1.82) is 0 Å². The molecule has 128 valence electrons. The topological polar surface area (TPSA) is 57.6 Å². The molecule has 24 heavy (non-hydrogen) atoms. The summed E-state index contributed by atoms with van der Waals surface area (Å²) in [5.74, 6) is -0.414. The van der Waals surface area contributed by atoms with Crippen molar-refractivity contribution >= 4 is 35.1 Å². The van der Waals surface area contributed by atoms with Crippen LogP contribution in [0.5, 0.6) is 0 Å². The number of halogens is 2. The number of hydrogen-bond acceptors (Lipinski definition) is 2. The molecule has 1 heterocycles. The third kappa shape index (κ3) is 2.91. The molecular formula is C18H19Cl2NO3. The highest BCUT2D eigenvalue weighted by Gasteiger charge is 2.52. The van der Waals surface area contributed by atoms with Gasteiger partial charge in [-0.25, -0.2) is 0 Å². The predicted octanol–water partition coefficient (Wildman–Crippen LogP) is 3.67. The number of rotatable bonds is 4. The van der Waals surface area contributed by atoms with Gasteiger partial charge in [-0.3, -0.25) is 9.59 Å². The van der Waals surface area contributed by atoms with E-state index in [0.717, 1.165) is 24.8 Å². The molecule has 1 aromatic rings. The average Bonchev–Trinajstić information content (AvgIpc) is 3.44. The summed E-state index contributed by atoms with van der Waals surface area (Å²) in [6, 6.07) is 5.39. The first-order chi connectivity index (χ1) is 11.5. The Morgan fingerprint density at radius 1 is 1.12 bits per heavy atom. The molecule has 0 bridgehead atoms. The standard InChI is InChI=1S/C18H19Cl2NO3/c19-10-3-4-11(16(20)5-10)12-6-13(12)17(22)21-7-14(9-1-2-9)15(8-21)18(23)24/h3-5,9,12-15H,1-2,6-8H2,(H,23,24)/t12?,13?,14-,15+/m1/s1. The van der Waals surface area contributed by atoms with Crippen LogP contribution in [-0.2, 0) is 9.59 Å². The van der Waals surface area contributed by atoms with E-state index in [9.17, 15) is 14.7 Å². The Hall–Kier alpha value is -1.26. The first kappa shape index (κ1) is 16.2. The Morgan fingerprint density at radius 2 is 1.88 bits per heavy atom. The molecule has 1 aliphatic heterocycles. The molecule has 3 aliphatic rings. The van der Waals surface area contributed by atoms with Gasteiger partial charge in [0, 0.05) is 29.1 Å².